The van der Waals surface area contributed by atoms with Crippen LogP contribution in [0.3, 0.4) is 0 Å². The molecule has 0 saturated carbocycles. The van der Waals surface area contributed by atoms with Crippen LogP contribution in [0.25, 0.3) is 0 Å². The molecule has 0 unspecified atom stereocenters. The van der Waals surface area contributed by atoms with Crippen molar-refractivity contribution in [2.24, 2.45) is 0 Å². The average Bonchev–Trinajstić information content (AvgIpc) is 2.89. The lowest BCUT2D eigenvalue weighted by Crippen LogP contribution is -2.37. The third kappa shape index (κ3) is 4.00. The van der Waals surface area contributed by atoms with Crippen LogP contribution >= 0.6 is 23.2 Å². The number of amides is 2. The minimum atomic E-state index is -0.537. The Balaban J connectivity index is 1.70. The summed E-state index contributed by atoms with van der Waals surface area (Å²) in [4.78, 5) is 28.5. The van der Waals surface area contributed by atoms with E-state index in [0.717, 1.165) is 0 Å². The maximum Gasteiger partial charge on any atom is 0.256 e. The Morgan fingerprint density at radius 3 is 2.15 bits per heavy atom. The molecule has 1 aliphatic heterocycles. The zero-order valence-electron chi connectivity index (χ0n) is 13.9. The second kappa shape index (κ2) is 8.06. The topological polar surface area (TPSA) is 40.6 Å². The molecule has 0 aliphatic carbocycles. The fourth-order valence-corrected chi connectivity index (χ4v) is 3.24. The molecule has 1 aliphatic rings. The van der Waals surface area contributed by atoms with Crippen molar-refractivity contribution in [3.05, 3.63) is 69.5 Å². The van der Waals surface area contributed by atoms with Gasteiger partial charge in [-0.05, 0) is 36.8 Å². The van der Waals surface area contributed by atoms with Gasteiger partial charge >= 0.3 is 0 Å². The van der Waals surface area contributed by atoms with Gasteiger partial charge < -0.3 is 9.80 Å². The summed E-state index contributed by atoms with van der Waals surface area (Å²) >= 11 is 11.9. The Labute approximate surface area is 161 Å². The van der Waals surface area contributed by atoms with Gasteiger partial charge in [0.25, 0.3) is 11.8 Å². The molecule has 4 nitrogen and oxygen atoms in total. The maximum atomic E-state index is 13.9. The smallest absolute Gasteiger partial charge is 0.256 e. The molecule has 136 valence electrons. The molecular formula is C19H17Cl2FN2O2. The minimum absolute atomic E-state index is 0.0526. The van der Waals surface area contributed by atoms with E-state index in [4.69, 9.17) is 23.2 Å². The van der Waals surface area contributed by atoms with Crippen LogP contribution in [0.1, 0.15) is 27.1 Å². The van der Waals surface area contributed by atoms with Crippen LogP contribution in [0.15, 0.2) is 42.5 Å². The number of hydrogen-bond acceptors (Lipinski definition) is 2. The van der Waals surface area contributed by atoms with Gasteiger partial charge in [0.2, 0.25) is 0 Å². The first-order valence-corrected chi connectivity index (χ1v) is 9.01. The zero-order valence-corrected chi connectivity index (χ0v) is 15.4. The summed E-state index contributed by atoms with van der Waals surface area (Å²) in [6.45, 7) is 1.71. The van der Waals surface area contributed by atoms with E-state index in [1.807, 2.05) is 0 Å². The molecule has 0 radical (unpaired) electrons. The summed E-state index contributed by atoms with van der Waals surface area (Å²) in [6.07, 6.45) is 0.618. The summed E-state index contributed by atoms with van der Waals surface area (Å²) in [5.74, 6) is -1.05. The van der Waals surface area contributed by atoms with E-state index in [1.54, 1.807) is 40.1 Å². The highest BCUT2D eigenvalue weighted by molar-refractivity contribution is 6.42. The van der Waals surface area contributed by atoms with Gasteiger partial charge in [-0.2, -0.15) is 0 Å². The van der Waals surface area contributed by atoms with Crippen molar-refractivity contribution in [1.82, 2.24) is 9.80 Å². The van der Waals surface area contributed by atoms with E-state index in [2.05, 4.69) is 0 Å². The van der Waals surface area contributed by atoms with E-state index >= 15 is 0 Å². The summed E-state index contributed by atoms with van der Waals surface area (Å²) in [6, 6.07) is 10.7. The molecule has 0 spiro atoms. The number of carbonyl (C=O) groups excluding carboxylic acids is 2. The lowest BCUT2D eigenvalue weighted by atomic mass is 10.2. The number of hydrogen-bond donors (Lipinski definition) is 0. The van der Waals surface area contributed by atoms with Gasteiger partial charge in [0.05, 0.1) is 15.6 Å². The standard InChI is InChI=1S/C19H17Cl2FN2O2/c20-15-7-6-13(12-16(15)21)18(25)23-8-3-9-24(11-10-23)19(26)14-4-1-2-5-17(14)22/h1-2,4-7,12H,3,8-11H2. The molecular weight excluding hydrogens is 378 g/mol. The highest BCUT2D eigenvalue weighted by Gasteiger charge is 2.25. The van der Waals surface area contributed by atoms with Crippen molar-refractivity contribution >= 4 is 35.0 Å². The first-order valence-electron chi connectivity index (χ1n) is 8.25. The molecule has 26 heavy (non-hydrogen) atoms. The van der Waals surface area contributed by atoms with Gasteiger partial charge in [-0.3, -0.25) is 9.59 Å². The van der Waals surface area contributed by atoms with E-state index in [0.29, 0.717) is 48.2 Å². The summed E-state index contributed by atoms with van der Waals surface area (Å²) < 4.78 is 13.9. The van der Waals surface area contributed by atoms with Crippen LogP contribution in [-0.2, 0) is 0 Å². The van der Waals surface area contributed by atoms with E-state index < -0.39 is 5.82 Å². The molecule has 1 saturated heterocycles. The fourth-order valence-electron chi connectivity index (χ4n) is 2.94. The summed E-state index contributed by atoms with van der Waals surface area (Å²) in [5, 5.41) is 0.712. The second-order valence-electron chi connectivity index (χ2n) is 6.05. The highest BCUT2D eigenvalue weighted by atomic mass is 35.5. The Kier molecular flexibility index (Phi) is 5.79. The predicted octanol–water partition coefficient (Wildman–Crippen LogP) is 4.12. The van der Waals surface area contributed by atoms with Crippen LogP contribution in [0, 0.1) is 5.82 Å². The van der Waals surface area contributed by atoms with Crippen molar-refractivity contribution in [3.63, 3.8) is 0 Å². The molecule has 0 aromatic heterocycles. The molecule has 1 heterocycles. The molecule has 2 amide bonds. The van der Waals surface area contributed by atoms with Crippen molar-refractivity contribution in [2.45, 2.75) is 6.42 Å². The zero-order chi connectivity index (χ0) is 18.7. The quantitative estimate of drug-likeness (QED) is 0.768. The first kappa shape index (κ1) is 18.7. The van der Waals surface area contributed by atoms with Gasteiger partial charge in [-0.25, -0.2) is 4.39 Å². The van der Waals surface area contributed by atoms with Crippen molar-refractivity contribution in [1.29, 1.82) is 0 Å². The number of benzene rings is 2. The maximum absolute atomic E-state index is 13.9. The summed E-state index contributed by atoms with van der Waals surface area (Å²) in [7, 11) is 0. The molecule has 0 atom stereocenters. The van der Waals surface area contributed by atoms with Gasteiger partial charge in [0, 0.05) is 31.7 Å². The van der Waals surface area contributed by atoms with Crippen LogP contribution in [-0.4, -0.2) is 47.8 Å². The van der Waals surface area contributed by atoms with Crippen molar-refractivity contribution in [2.75, 3.05) is 26.2 Å². The monoisotopic (exact) mass is 394 g/mol. The third-order valence-electron chi connectivity index (χ3n) is 4.34. The number of nitrogens with zero attached hydrogens (tertiary/aromatic N) is 2. The Bertz CT molecular complexity index is 844. The SMILES string of the molecule is O=C(c1ccc(Cl)c(Cl)c1)N1CCCN(C(=O)c2ccccc2F)CC1. The van der Waals surface area contributed by atoms with Gasteiger partial charge in [-0.1, -0.05) is 35.3 Å². The van der Waals surface area contributed by atoms with Crippen molar-refractivity contribution in [3.8, 4) is 0 Å². The van der Waals surface area contributed by atoms with E-state index in [9.17, 15) is 14.0 Å². The Hall–Kier alpha value is -2.11. The molecule has 2 aromatic carbocycles. The number of carbonyl (C=O) groups is 2. The van der Waals surface area contributed by atoms with Crippen LogP contribution in [0.4, 0.5) is 4.39 Å². The predicted molar refractivity (Wildman–Crippen MR) is 99.3 cm³/mol. The van der Waals surface area contributed by atoms with Crippen LogP contribution in [0.5, 0.6) is 0 Å². The largest absolute Gasteiger partial charge is 0.337 e. The third-order valence-corrected chi connectivity index (χ3v) is 5.08. The minimum Gasteiger partial charge on any atom is -0.337 e. The highest BCUT2D eigenvalue weighted by Crippen LogP contribution is 2.23. The van der Waals surface area contributed by atoms with Crippen LogP contribution in [0.2, 0.25) is 10.0 Å². The van der Waals surface area contributed by atoms with E-state index in [-0.39, 0.29) is 17.4 Å². The van der Waals surface area contributed by atoms with Gasteiger partial charge in [0.15, 0.2) is 0 Å². The number of halogens is 3. The lowest BCUT2D eigenvalue weighted by molar-refractivity contribution is 0.0716. The molecule has 7 heteroatoms. The first-order chi connectivity index (χ1) is 12.5. The van der Waals surface area contributed by atoms with Crippen LogP contribution < -0.4 is 0 Å². The molecule has 1 fully saturated rings. The Morgan fingerprint density at radius 2 is 1.50 bits per heavy atom. The molecule has 0 bridgehead atoms. The van der Waals surface area contributed by atoms with E-state index in [1.165, 1.54) is 12.1 Å². The average molecular weight is 395 g/mol. The fraction of sp³-hybridized carbons (Fsp3) is 0.263. The molecule has 3 rings (SSSR count). The molecule has 0 N–H and O–H groups in total. The lowest BCUT2D eigenvalue weighted by Gasteiger charge is -2.22. The number of rotatable bonds is 2. The second-order valence-corrected chi connectivity index (χ2v) is 6.86. The summed E-state index contributed by atoms with van der Waals surface area (Å²) in [5.41, 5.74) is 0.505. The Morgan fingerprint density at radius 1 is 0.846 bits per heavy atom. The van der Waals surface area contributed by atoms with Crippen molar-refractivity contribution < 1.29 is 14.0 Å². The van der Waals surface area contributed by atoms with Gasteiger partial charge in [0.1, 0.15) is 5.82 Å². The van der Waals surface area contributed by atoms with Gasteiger partial charge in [-0.15, -0.1) is 0 Å². The normalized spacial score (nSPS) is 14.9. The molecule has 2 aromatic rings.